The van der Waals surface area contributed by atoms with Gasteiger partial charge in [-0.05, 0) is 53.1 Å². The van der Waals surface area contributed by atoms with Gasteiger partial charge in [0.05, 0.1) is 31.5 Å². The van der Waals surface area contributed by atoms with Crippen LogP contribution in [0.1, 0.15) is 30.5 Å². The minimum absolute atomic E-state index is 0.0986. The number of benzene rings is 3. The average molecular weight is 536 g/mol. The fourth-order valence-corrected chi connectivity index (χ4v) is 4.66. The van der Waals surface area contributed by atoms with Gasteiger partial charge in [-0.2, -0.15) is 10.1 Å². The second kappa shape index (κ2) is 10.2. The van der Waals surface area contributed by atoms with E-state index in [0.29, 0.717) is 34.3 Å². The second-order valence-corrected chi connectivity index (χ2v) is 9.23. The summed E-state index contributed by atoms with van der Waals surface area (Å²) >= 11 is 12.3. The maximum atomic E-state index is 12.4. The fraction of sp³-hybridized carbons (Fsp3) is 0.185. The maximum absolute atomic E-state index is 12.4. The average Bonchev–Trinajstić information content (AvgIpc) is 3.34. The third-order valence-corrected chi connectivity index (χ3v) is 6.54. The standard InChI is InChI=1S/C27H23Cl2N5O3/c1-15(35)34-23(16-7-9-18(28)10-8-16)13-21(33-34)17-5-4-6-19(11-17)30-26-20-12-24(36-2)25(37-3)14-22(20)31-27(29)32-26/h4-12,14,23H,13H2,1-3H3,(H,30,31,32). The van der Waals surface area contributed by atoms with E-state index in [-0.39, 0.29) is 17.2 Å². The topological polar surface area (TPSA) is 88.9 Å². The van der Waals surface area contributed by atoms with Gasteiger partial charge in [0.25, 0.3) is 0 Å². The number of hydrogen-bond acceptors (Lipinski definition) is 7. The summed E-state index contributed by atoms with van der Waals surface area (Å²) in [4.78, 5) is 21.1. The summed E-state index contributed by atoms with van der Waals surface area (Å²) in [7, 11) is 3.13. The van der Waals surface area contributed by atoms with Crippen LogP contribution in [-0.2, 0) is 4.79 Å². The van der Waals surface area contributed by atoms with E-state index < -0.39 is 0 Å². The van der Waals surface area contributed by atoms with Gasteiger partial charge in [0, 0.05) is 35.5 Å². The van der Waals surface area contributed by atoms with E-state index in [1.54, 1.807) is 26.4 Å². The zero-order valence-corrected chi connectivity index (χ0v) is 21.8. The maximum Gasteiger partial charge on any atom is 0.240 e. The highest BCUT2D eigenvalue weighted by molar-refractivity contribution is 6.30. The number of hydrogen-bond donors (Lipinski definition) is 1. The number of amides is 1. The Morgan fingerprint density at radius 1 is 1.00 bits per heavy atom. The number of nitrogens with zero attached hydrogens (tertiary/aromatic N) is 4. The van der Waals surface area contributed by atoms with Gasteiger partial charge in [-0.1, -0.05) is 35.9 Å². The molecular formula is C27H23Cl2N5O3. The number of ether oxygens (including phenoxy) is 2. The van der Waals surface area contributed by atoms with Gasteiger partial charge in [-0.15, -0.1) is 0 Å². The highest BCUT2D eigenvalue weighted by Gasteiger charge is 2.31. The molecule has 0 bridgehead atoms. The lowest BCUT2D eigenvalue weighted by Gasteiger charge is -2.20. The molecule has 1 amide bonds. The Morgan fingerprint density at radius 2 is 1.73 bits per heavy atom. The molecule has 2 heterocycles. The molecule has 1 aromatic heterocycles. The van der Waals surface area contributed by atoms with Crippen molar-refractivity contribution >= 4 is 57.2 Å². The number of rotatable bonds is 6. The molecule has 1 aliphatic rings. The van der Waals surface area contributed by atoms with Gasteiger partial charge in [0.2, 0.25) is 11.2 Å². The molecule has 0 saturated heterocycles. The third kappa shape index (κ3) is 5.03. The lowest BCUT2D eigenvalue weighted by Crippen LogP contribution is -2.24. The first-order chi connectivity index (χ1) is 17.9. The molecule has 1 aliphatic heterocycles. The molecule has 0 fully saturated rings. The summed E-state index contributed by atoms with van der Waals surface area (Å²) in [5.74, 6) is 1.49. The number of fused-ring (bicyclic) bond motifs is 1. The molecule has 1 unspecified atom stereocenters. The van der Waals surface area contributed by atoms with Gasteiger partial charge in [0.1, 0.15) is 5.82 Å². The van der Waals surface area contributed by atoms with Crippen LogP contribution in [0.5, 0.6) is 11.5 Å². The van der Waals surface area contributed by atoms with Crippen molar-refractivity contribution in [3.8, 4) is 11.5 Å². The largest absolute Gasteiger partial charge is 0.493 e. The normalized spacial score (nSPS) is 15.0. The third-order valence-electron chi connectivity index (χ3n) is 6.12. The van der Waals surface area contributed by atoms with Gasteiger partial charge >= 0.3 is 0 Å². The van der Waals surface area contributed by atoms with Crippen LogP contribution in [0.15, 0.2) is 65.8 Å². The Morgan fingerprint density at radius 3 is 2.43 bits per heavy atom. The van der Waals surface area contributed by atoms with Crippen molar-refractivity contribution in [3.05, 3.63) is 82.1 Å². The highest BCUT2D eigenvalue weighted by Crippen LogP contribution is 2.37. The number of methoxy groups -OCH3 is 2. The van der Waals surface area contributed by atoms with Crippen molar-refractivity contribution in [3.63, 3.8) is 0 Å². The predicted octanol–water partition coefficient (Wildman–Crippen LogP) is 6.40. The van der Waals surface area contributed by atoms with E-state index in [1.807, 2.05) is 48.5 Å². The lowest BCUT2D eigenvalue weighted by atomic mass is 9.98. The number of hydrazone groups is 1. The molecule has 5 rings (SSSR count). The van der Waals surface area contributed by atoms with Gasteiger partial charge in [-0.25, -0.2) is 9.99 Å². The van der Waals surface area contributed by atoms with Gasteiger partial charge in [-0.3, -0.25) is 4.79 Å². The minimum Gasteiger partial charge on any atom is -0.493 e. The first-order valence-electron chi connectivity index (χ1n) is 11.5. The van der Waals surface area contributed by atoms with Crippen molar-refractivity contribution in [1.29, 1.82) is 0 Å². The quantitative estimate of drug-likeness (QED) is 0.287. The smallest absolute Gasteiger partial charge is 0.240 e. The summed E-state index contributed by atoms with van der Waals surface area (Å²) < 4.78 is 10.8. The van der Waals surface area contributed by atoms with E-state index in [2.05, 4.69) is 20.4 Å². The first-order valence-corrected chi connectivity index (χ1v) is 12.2. The van der Waals surface area contributed by atoms with Crippen LogP contribution < -0.4 is 14.8 Å². The molecule has 0 spiro atoms. The molecule has 10 heteroatoms. The molecule has 3 aromatic carbocycles. The Hall–Kier alpha value is -3.88. The second-order valence-electron chi connectivity index (χ2n) is 8.45. The van der Waals surface area contributed by atoms with E-state index >= 15 is 0 Å². The van der Waals surface area contributed by atoms with E-state index in [9.17, 15) is 4.79 Å². The monoisotopic (exact) mass is 535 g/mol. The molecule has 1 N–H and O–H groups in total. The van der Waals surface area contributed by atoms with Crippen LogP contribution >= 0.6 is 23.2 Å². The Kier molecular flexibility index (Phi) is 6.86. The van der Waals surface area contributed by atoms with Crippen molar-refractivity contribution < 1.29 is 14.3 Å². The van der Waals surface area contributed by atoms with Crippen LogP contribution in [0.25, 0.3) is 10.9 Å². The van der Waals surface area contributed by atoms with Gasteiger partial charge < -0.3 is 14.8 Å². The van der Waals surface area contributed by atoms with Crippen LogP contribution in [0.2, 0.25) is 10.3 Å². The Balaban J connectivity index is 1.47. The molecule has 4 aromatic rings. The summed E-state index contributed by atoms with van der Waals surface area (Å²) in [6.45, 7) is 1.51. The molecule has 1 atom stereocenters. The fourth-order valence-electron chi connectivity index (χ4n) is 4.36. The number of aromatic nitrogens is 2. The molecule has 0 radical (unpaired) electrons. The molecule has 0 aliphatic carbocycles. The molecule has 37 heavy (non-hydrogen) atoms. The highest BCUT2D eigenvalue weighted by atomic mass is 35.5. The van der Waals surface area contributed by atoms with Crippen LogP contribution in [-0.4, -0.2) is 40.8 Å². The SMILES string of the molecule is COc1cc2nc(Cl)nc(Nc3cccc(C4=NN(C(C)=O)C(c5ccc(Cl)cc5)C4)c3)c2cc1OC. The molecular weight excluding hydrogens is 513 g/mol. The zero-order valence-electron chi connectivity index (χ0n) is 20.3. The summed E-state index contributed by atoms with van der Waals surface area (Å²) in [6, 6.07) is 18.6. The molecule has 188 valence electrons. The summed E-state index contributed by atoms with van der Waals surface area (Å²) in [5.41, 5.74) is 4.04. The van der Waals surface area contributed by atoms with E-state index in [0.717, 1.165) is 27.9 Å². The summed E-state index contributed by atoms with van der Waals surface area (Å²) in [6.07, 6.45) is 0.573. The number of halogens is 2. The minimum atomic E-state index is -0.201. The zero-order chi connectivity index (χ0) is 26.1. The van der Waals surface area contributed by atoms with Crippen LogP contribution in [0, 0.1) is 0 Å². The van der Waals surface area contributed by atoms with Crippen LogP contribution in [0.4, 0.5) is 11.5 Å². The van der Waals surface area contributed by atoms with Crippen molar-refractivity contribution in [2.24, 2.45) is 5.10 Å². The molecule has 8 nitrogen and oxygen atoms in total. The first kappa shape index (κ1) is 24.8. The van der Waals surface area contributed by atoms with Crippen molar-refractivity contribution in [2.45, 2.75) is 19.4 Å². The Bertz CT molecular complexity index is 1530. The van der Waals surface area contributed by atoms with Crippen molar-refractivity contribution in [2.75, 3.05) is 19.5 Å². The van der Waals surface area contributed by atoms with Crippen LogP contribution in [0.3, 0.4) is 0 Å². The number of carbonyl (C=O) groups excluding carboxylic acids is 1. The van der Waals surface area contributed by atoms with E-state index in [1.165, 1.54) is 11.9 Å². The molecule has 0 saturated carbocycles. The summed E-state index contributed by atoms with van der Waals surface area (Å²) in [5, 5.41) is 11.0. The number of nitrogens with one attached hydrogen (secondary N) is 1. The van der Waals surface area contributed by atoms with Crippen molar-refractivity contribution in [1.82, 2.24) is 15.0 Å². The van der Waals surface area contributed by atoms with Gasteiger partial charge in [0.15, 0.2) is 11.5 Å². The Labute approximate surface area is 223 Å². The number of anilines is 2. The predicted molar refractivity (Wildman–Crippen MR) is 145 cm³/mol. The van der Waals surface area contributed by atoms with E-state index in [4.69, 9.17) is 32.7 Å². The lowest BCUT2D eigenvalue weighted by molar-refractivity contribution is -0.130. The number of carbonyl (C=O) groups is 1.